The first-order valence-electron chi connectivity index (χ1n) is 5.77. The molecule has 1 heterocycles. The van der Waals surface area contributed by atoms with Gasteiger partial charge < -0.3 is 5.21 Å². The Bertz CT molecular complexity index is 523. The van der Waals surface area contributed by atoms with Gasteiger partial charge in [0.25, 0.3) is 0 Å². The number of nitrogens with zero attached hydrogens (tertiary/aromatic N) is 2. The van der Waals surface area contributed by atoms with Gasteiger partial charge in [0.1, 0.15) is 5.54 Å². The molecule has 1 radical (unpaired) electrons. The summed E-state index contributed by atoms with van der Waals surface area (Å²) in [5.74, 6) is 0.173. The zero-order valence-electron chi connectivity index (χ0n) is 10.9. The van der Waals surface area contributed by atoms with Crippen LogP contribution in [-0.2, 0) is 5.21 Å². The van der Waals surface area contributed by atoms with E-state index >= 15 is 0 Å². The lowest BCUT2D eigenvalue weighted by Crippen LogP contribution is -2.53. The average Bonchev–Trinajstić information content (AvgIpc) is 2.38. The minimum absolute atomic E-state index is 0.173. The van der Waals surface area contributed by atoms with Gasteiger partial charge in [-0.25, -0.2) is 0 Å². The van der Waals surface area contributed by atoms with Gasteiger partial charge in [0.2, 0.25) is 0 Å². The molecule has 0 atom stereocenters. The molecule has 0 unspecified atom stereocenters. The van der Waals surface area contributed by atoms with Crippen LogP contribution in [0.15, 0.2) is 28.7 Å². The molecule has 2 rings (SSSR count). The molecule has 18 heavy (non-hydrogen) atoms. The molecule has 1 aliphatic heterocycles. The van der Waals surface area contributed by atoms with Crippen molar-refractivity contribution < 1.29 is 9.95 Å². The van der Waals surface area contributed by atoms with E-state index in [0.717, 1.165) is 14.3 Å². The molecule has 0 amide bonds. The van der Waals surface area contributed by atoms with Gasteiger partial charge in [-0.05, 0) is 45.9 Å². The molecule has 5 heteroatoms. The molecule has 0 saturated carbocycles. The lowest BCUT2D eigenvalue weighted by molar-refractivity contribution is -0.539. The van der Waals surface area contributed by atoms with Crippen molar-refractivity contribution >= 4 is 21.8 Å². The number of rotatable bonds is 1. The highest BCUT2D eigenvalue weighted by atomic mass is 79.9. The summed E-state index contributed by atoms with van der Waals surface area (Å²) in [6.45, 7) is 7.15. The maximum absolute atomic E-state index is 12.4. The quantitative estimate of drug-likeness (QED) is 0.591. The number of benzene rings is 1. The molecule has 0 aromatic heterocycles. The predicted molar refractivity (Wildman–Crippen MR) is 72.6 cm³/mol. The SMILES string of the molecule is CC1(C)N([O])C(c2cccc(Br)c2)=[N+]([O-])C1(C)C. The Morgan fingerprint density at radius 3 is 2.33 bits per heavy atom. The van der Waals surface area contributed by atoms with Crippen LogP contribution >= 0.6 is 15.9 Å². The van der Waals surface area contributed by atoms with E-state index in [0.29, 0.717) is 5.56 Å². The van der Waals surface area contributed by atoms with Crippen LogP contribution in [0.5, 0.6) is 0 Å². The van der Waals surface area contributed by atoms with Crippen LogP contribution < -0.4 is 0 Å². The van der Waals surface area contributed by atoms with Crippen molar-refractivity contribution in [3.05, 3.63) is 39.5 Å². The van der Waals surface area contributed by atoms with Crippen LogP contribution in [0.3, 0.4) is 0 Å². The average molecular weight is 312 g/mol. The Morgan fingerprint density at radius 2 is 1.89 bits per heavy atom. The normalized spacial score (nSPS) is 21.6. The van der Waals surface area contributed by atoms with Crippen molar-refractivity contribution in [3.63, 3.8) is 0 Å². The van der Waals surface area contributed by atoms with Crippen LogP contribution in [0, 0.1) is 5.21 Å². The van der Waals surface area contributed by atoms with Crippen LogP contribution in [0.1, 0.15) is 33.3 Å². The molecular formula is C13H16BrN2O2. The van der Waals surface area contributed by atoms with Gasteiger partial charge in [0.05, 0.1) is 5.56 Å². The third kappa shape index (κ3) is 1.65. The third-order valence-electron chi connectivity index (χ3n) is 3.98. The Balaban J connectivity index is 2.61. The van der Waals surface area contributed by atoms with E-state index < -0.39 is 11.1 Å². The summed E-state index contributed by atoms with van der Waals surface area (Å²) in [7, 11) is 0. The zero-order valence-corrected chi connectivity index (χ0v) is 12.5. The Kier molecular flexibility index (Phi) is 2.94. The smallest absolute Gasteiger partial charge is 0.316 e. The van der Waals surface area contributed by atoms with Crippen LogP contribution in [0.25, 0.3) is 0 Å². The van der Waals surface area contributed by atoms with Gasteiger partial charge in [-0.2, -0.15) is 0 Å². The van der Waals surface area contributed by atoms with Crippen molar-refractivity contribution in [2.24, 2.45) is 0 Å². The van der Waals surface area contributed by atoms with E-state index in [1.807, 2.05) is 12.1 Å². The summed E-state index contributed by atoms with van der Waals surface area (Å²) < 4.78 is 1.67. The lowest BCUT2D eigenvalue weighted by atomic mass is 9.84. The van der Waals surface area contributed by atoms with Crippen LogP contribution in [0.2, 0.25) is 0 Å². The molecule has 4 nitrogen and oxygen atoms in total. The fourth-order valence-electron chi connectivity index (χ4n) is 1.97. The predicted octanol–water partition coefficient (Wildman–Crippen LogP) is 2.92. The van der Waals surface area contributed by atoms with E-state index in [1.165, 1.54) is 0 Å². The third-order valence-corrected chi connectivity index (χ3v) is 4.47. The highest BCUT2D eigenvalue weighted by molar-refractivity contribution is 9.10. The standard InChI is InChI=1S/C13H16BrN2O2/c1-12(2)13(3,4)16(18)11(15(12)17)9-6-5-7-10(14)8-9/h5-8H,1-4H3. The molecule has 0 bridgehead atoms. The van der Waals surface area contributed by atoms with E-state index in [-0.39, 0.29) is 5.84 Å². The largest absolute Gasteiger partial charge is 0.714 e. The van der Waals surface area contributed by atoms with Crippen molar-refractivity contribution in [2.45, 2.75) is 38.8 Å². The topological polar surface area (TPSA) is 49.2 Å². The second-order valence-electron chi connectivity index (χ2n) is 5.54. The second-order valence-corrected chi connectivity index (χ2v) is 6.46. The highest BCUT2D eigenvalue weighted by Crippen LogP contribution is 2.37. The van der Waals surface area contributed by atoms with E-state index in [2.05, 4.69) is 15.9 Å². The Morgan fingerprint density at radius 1 is 1.28 bits per heavy atom. The first-order valence-corrected chi connectivity index (χ1v) is 6.56. The molecular weight excluding hydrogens is 296 g/mol. The second kappa shape index (κ2) is 3.96. The fourth-order valence-corrected chi connectivity index (χ4v) is 2.37. The zero-order chi connectivity index (χ0) is 13.7. The van der Waals surface area contributed by atoms with Crippen molar-refractivity contribution in [3.8, 4) is 0 Å². The molecule has 0 fully saturated rings. The number of hydrogen-bond acceptors (Lipinski definition) is 2. The minimum Gasteiger partial charge on any atom is -0.714 e. The summed E-state index contributed by atoms with van der Waals surface area (Å²) in [4.78, 5) is 0. The molecule has 0 saturated heterocycles. The fraction of sp³-hybridized carbons (Fsp3) is 0.462. The maximum atomic E-state index is 12.4. The van der Waals surface area contributed by atoms with Crippen molar-refractivity contribution in [1.29, 1.82) is 0 Å². The molecule has 0 N–H and O–H groups in total. The summed E-state index contributed by atoms with van der Waals surface area (Å²) in [5, 5.41) is 25.6. The van der Waals surface area contributed by atoms with Gasteiger partial charge >= 0.3 is 5.84 Å². The number of hydrogen-bond donors (Lipinski definition) is 0. The molecule has 1 aromatic rings. The van der Waals surface area contributed by atoms with Gasteiger partial charge in [-0.3, -0.25) is 4.74 Å². The van der Waals surface area contributed by atoms with Crippen molar-refractivity contribution in [2.75, 3.05) is 0 Å². The maximum Gasteiger partial charge on any atom is 0.316 e. The molecule has 1 aliphatic rings. The Labute approximate surface area is 115 Å². The summed E-state index contributed by atoms with van der Waals surface area (Å²) in [6.07, 6.45) is 0. The Hall–Kier alpha value is -1.07. The van der Waals surface area contributed by atoms with E-state index in [4.69, 9.17) is 0 Å². The van der Waals surface area contributed by atoms with Gasteiger partial charge in [-0.15, -0.1) is 0 Å². The number of hydroxylamine groups is 3. The minimum atomic E-state index is -0.771. The van der Waals surface area contributed by atoms with Gasteiger partial charge in [0.15, 0.2) is 5.54 Å². The lowest BCUT2D eigenvalue weighted by Gasteiger charge is -2.32. The molecule has 0 aliphatic carbocycles. The van der Waals surface area contributed by atoms with E-state index in [9.17, 15) is 10.4 Å². The monoisotopic (exact) mass is 311 g/mol. The number of halogens is 1. The molecule has 0 spiro atoms. The first kappa shape index (κ1) is 13.4. The summed E-state index contributed by atoms with van der Waals surface area (Å²) in [6, 6.07) is 7.22. The number of amidine groups is 1. The summed E-state index contributed by atoms with van der Waals surface area (Å²) in [5.41, 5.74) is -0.910. The van der Waals surface area contributed by atoms with Gasteiger partial charge in [0, 0.05) is 9.68 Å². The first-order chi connectivity index (χ1) is 8.19. The van der Waals surface area contributed by atoms with Crippen LogP contribution in [-0.4, -0.2) is 26.7 Å². The van der Waals surface area contributed by atoms with E-state index in [1.54, 1.807) is 39.8 Å². The van der Waals surface area contributed by atoms with Crippen molar-refractivity contribution in [1.82, 2.24) is 5.06 Å². The van der Waals surface area contributed by atoms with Crippen LogP contribution in [0.4, 0.5) is 0 Å². The molecule has 97 valence electrons. The summed E-state index contributed by atoms with van der Waals surface area (Å²) >= 11 is 3.35. The molecule has 1 aromatic carbocycles. The van der Waals surface area contributed by atoms with Gasteiger partial charge in [-0.1, -0.05) is 27.1 Å². The highest BCUT2D eigenvalue weighted by Gasteiger charge is 2.59.